The zero-order valence-corrected chi connectivity index (χ0v) is 10.7. The molecule has 0 radical (unpaired) electrons. The molecule has 92 valence electrons. The van der Waals surface area contributed by atoms with E-state index in [0.717, 1.165) is 17.9 Å². The Hall–Kier alpha value is -1.42. The molecule has 2 heterocycles. The number of hydrogen-bond donors (Lipinski definition) is 1. The lowest BCUT2D eigenvalue weighted by atomic mass is 9.96. The van der Waals surface area contributed by atoms with Crippen LogP contribution in [0.4, 0.5) is 0 Å². The van der Waals surface area contributed by atoms with E-state index >= 15 is 0 Å². The average molecular weight is 232 g/mol. The minimum atomic E-state index is 0.285. The molecule has 0 aliphatic carbocycles. The lowest BCUT2D eigenvalue weighted by Gasteiger charge is -2.15. The molecule has 1 atom stereocenters. The lowest BCUT2D eigenvalue weighted by molar-refractivity contribution is 0.485. The number of aryl methyl sites for hydroxylation is 1. The SMILES string of the molecule is Cc1ccn2c(C(CN)CC(C)C)nnc2c1. The van der Waals surface area contributed by atoms with Crippen molar-refractivity contribution in [2.75, 3.05) is 6.54 Å². The molecular weight excluding hydrogens is 212 g/mol. The molecule has 0 bridgehead atoms. The molecule has 0 spiro atoms. The highest BCUT2D eigenvalue weighted by Gasteiger charge is 2.17. The van der Waals surface area contributed by atoms with Gasteiger partial charge in [-0.05, 0) is 37.0 Å². The monoisotopic (exact) mass is 232 g/mol. The van der Waals surface area contributed by atoms with Crippen molar-refractivity contribution in [2.24, 2.45) is 11.7 Å². The summed E-state index contributed by atoms with van der Waals surface area (Å²) in [6.07, 6.45) is 3.08. The molecule has 17 heavy (non-hydrogen) atoms. The normalized spacial score (nSPS) is 13.5. The van der Waals surface area contributed by atoms with Gasteiger partial charge < -0.3 is 5.73 Å². The first-order chi connectivity index (χ1) is 8.11. The second-order valence-corrected chi connectivity index (χ2v) is 5.05. The van der Waals surface area contributed by atoms with Crippen molar-refractivity contribution >= 4 is 5.65 Å². The molecule has 0 aliphatic rings. The summed E-state index contributed by atoms with van der Waals surface area (Å²) in [5.41, 5.74) is 7.96. The Morgan fingerprint density at radius 1 is 1.35 bits per heavy atom. The largest absolute Gasteiger partial charge is 0.330 e. The summed E-state index contributed by atoms with van der Waals surface area (Å²) in [7, 11) is 0. The van der Waals surface area contributed by atoms with Crippen LogP contribution in [0.1, 0.15) is 37.6 Å². The number of nitrogens with zero attached hydrogens (tertiary/aromatic N) is 3. The smallest absolute Gasteiger partial charge is 0.161 e. The van der Waals surface area contributed by atoms with Crippen LogP contribution in [0.2, 0.25) is 0 Å². The van der Waals surface area contributed by atoms with Crippen molar-refractivity contribution in [3.8, 4) is 0 Å². The van der Waals surface area contributed by atoms with E-state index in [4.69, 9.17) is 5.73 Å². The van der Waals surface area contributed by atoms with E-state index in [1.165, 1.54) is 5.56 Å². The Morgan fingerprint density at radius 2 is 2.12 bits per heavy atom. The van der Waals surface area contributed by atoms with Gasteiger partial charge in [0.05, 0.1) is 0 Å². The maximum atomic E-state index is 5.85. The Kier molecular flexibility index (Phi) is 3.43. The highest BCUT2D eigenvalue weighted by atomic mass is 15.2. The predicted octanol–water partition coefficient (Wildman–Crippen LogP) is 2.13. The third kappa shape index (κ3) is 2.47. The van der Waals surface area contributed by atoms with Crippen molar-refractivity contribution in [1.82, 2.24) is 14.6 Å². The predicted molar refractivity (Wildman–Crippen MR) is 69.0 cm³/mol. The van der Waals surface area contributed by atoms with Crippen LogP contribution in [0.5, 0.6) is 0 Å². The van der Waals surface area contributed by atoms with Gasteiger partial charge in [0, 0.05) is 18.7 Å². The maximum Gasteiger partial charge on any atom is 0.161 e. The summed E-state index contributed by atoms with van der Waals surface area (Å²) < 4.78 is 2.05. The molecule has 2 rings (SSSR count). The van der Waals surface area contributed by atoms with Crippen LogP contribution in [0.3, 0.4) is 0 Å². The second-order valence-electron chi connectivity index (χ2n) is 5.05. The third-order valence-electron chi connectivity index (χ3n) is 3.00. The first-order valence-electron chi connectivity index (χ1n) is 6.13. The van der Waals surface area contributed by atoms with Crippen molar-refractivity contribution in [1.29, 1.82) is 0 Å². The number of rotatable bonds is 4. The molecule has 1 unspecified atom stereocenters. The van der Waals surface area contributed by atoms with Crippen molar-refractivity contribution in [3.63, 3.8) is 0 Å². The molecule has 0 amide bonds. The first-order valence-corrected chi connectivity index (χ1v) is 6.13. The summed E-state index contributed by atoms with van der Waals surface area (Å²) in [5.74, 6) is 1.88. The van der Waals surface area contributed by atoms with E-state index in [1.54, 1.807) is 0 Å². The zero-order chi connectivity index (χ0) is 12.4. The summed E-state index contributed by atoms with van der Waals surface area (Å²) in [6, 6.07) is 4.11. The van der Waals surface area contributed by atoms with Gasteiger partial charge in [-0.25, -0.2) is 0 Å². The quantitative estimate of drug-likeness (QED) is 0.878. The van der Waals surface area contributed by atoms with Gasteiger partial charge in [-0.15, -0.1) is 10.2 Å². The summed E-state index contributed by atoms with van der Waals surface area (Å²) in [5, 5.41) is 8.51. The van der Waals surface area contributed by atoms with Crippen LogP contribution in [0.15, 0.2) is 18.3 Å². The standard InChI is InChI=1S/C13H20N4/c1-9(2)6-11(8-14)13-16-15-12-7-10(3)4-5-17(12)13/h4-5,7,9,11H,6,8,14H2,1-3H3. The van der Waals surface area contributed by atoms with E-state index in [1.807, 2.05) is 16.7 Å². The fourth-order valence-corrected chi connectivity index (χ4v) is 2.17. The fourth-order valence-electron chi connectivity index (χ4n) is 2.17. The highest BCUT2D eigenvalue weighted by Crippen LogP contribution is 2.22. The minimum absolute atomic E-state index is 0.285. The second kappa shape index (κ2) is 4.84. The Bertz CT molecular complexity index is 501. The maximum absolute atomic E-state index is 5.85. The molecule has 0 saturated carbocycles. The van der Waals surface area contributed by atoms with Crippen molar-refractivity contribution in [2.45, 2.75) is 33.1 Å². The van der Waals surface area contributed by atoms with E-state index in [0.29, 0.717) is 12.5 Å². The summed E-state index contributed by atoms with van der Waals surface area (Å²) in [6.45, 7) is 7.09. The number of pyridine rings is 1. The molecule has 2 aromatic heterocycles. The molecule has 0 saturated heterocycles. The van der Waals surface area contributed by atoms with E-state index < -0.39 is 0 Å². The Balaban J connectivity index is 2.40. The van der Waals surface area contributed by atoms with Gasteiger partial charge in [-0.3, -0.25) is 4.40 Å². The topological polar surface area (TPSA) is 56.2 Å². The van der Waals surface area contributed by atoms with Crippen molar-refractivity contribution < 1.29 is 0 Å². The van der Waals surface area contributed by atoms with Crippen LogP contribution >= 0.6 is 0 Å². The molecular formula is C13H20N4. The highest BCUT2D eigenvalue weighted by molar-refractivity contribution is 5.41. The molecule has 2 aromatic rings. The van der Waals surface area contributed by atoms with Crippen molar-refractivity contribution in [3.05, 3.63) is 29.7 Å². The number of nitrogens with two attached hydrogens (primary N) is 1. The average Bonchev–Trinajstić information content (AvgIpc) is 2.68. The zero-order valence-electron chi connectivity index (χ0n) is 10.7. The van der Waals surface area contributed by atoms with Gasteiger partial charge in [0.2, 0.25) is 0 Å². The molecule has 2 N–H and O–H groups in total. The lowest BCUT2D eigenvalue weighted by Crippen LogP contribution is -2.17. The first kappa shape index (κ1) is 12.0. The van der Waals surface area contributed by atoms with Gasteiger partial charge in [0.15, 0.2) is 5.65 Å². The number of aromatic nitrogens is 3. The van der Waals surface area contributed by atoms with Gasteiger partial charge in [0.1, 0.15) is 5.82 Å². The van der Waals surface area contributed by atoms with Crippen LogP contribution in [0, 0.1) is 12.8 Å². The van der Waals surface area contributed by atoms with Crippen LogP contribution < -0.4 is 5.73 Å². The Morgan fingerprint density at radius 3 is 2.76 bits per heavy atom. The van der Waals surface area contributed by atoms with Gasteiger partial charge in [-0.1, -0.05) is 13.8 Å². The van der Waals surface area contributed by atoms with E-state index in [9.17, 15) is 0 Å². The number of fused-ring (bicyclic) bond motifs is 1. The van der Waals surface area contributed by atoms with Gasteiger partial charge >= 0.3 is 0 Å². The molecule has 0 aromatic carbocycles. The van der Waals surface area contributed by atoms with E-state index in [-0.39, 0.29) is 5.92 Å². The van der Waals surface area contributed by atoms with E-state index in [2.05, 4.69) is 37.0 Å². The van der Waals surface area contributed by atoms with Crippen LogP contribution in [-0.4, -0.2) is 21.1 Å². The van der Waals surface area contributed by atoms with Crippen LogP contribution in [0.25, 0.3) is 5.65 Å². The molecule has 0 aliphatic heterocycles. The molecule has 0 fully saturated rings. The Labute approximate surface area is 102 Å². The van der Waals surface area contributed by atoms with Crippen LogP contribution in [-0.2, 0) is 0 Å². The third-order valence-corrected chi connectivity index (χ3v) is 3.00. The number of hydrogen-bond acceptors (Lipinski definition) is 3. The van der Waals surface area contributed by atoms with Gasteiger partial charge in [0.25, 0.3) is 0 Å². The summed E-state index contributed by atoms with van der Waals surface area (Å²) in [4.78, 5) is 0. The van der Waals surface area contributed by atoms with Gasteiger partial charge in [-0.2, -0.15) is 0 Å². The molecule has 4 heteroatoms. The fraction of sp³-hybridized carbons (Fsp3) is 0.538. The summed E-state index contributed by atoms with van der Waals surface area (Å²) >= 11 is 0. The molecule has 4 nitrogen and oxygen atoms in total. The minimum Gasteiger partial charge on any atom is -0.330 e.